The average Bonchev–Trinajstić information content (AvgIpc) is 2.16. The van der Waals surface area contributed by atoms with Crippen LogP contribution in [0.25, 0.3) is 0 Å². The molecule has 1 aliphatic rings. The third-order valence-electron chi connectivity index (χ3n) is 2.75. The highest BCUT2D eigenvalue weighted by molar-refractivity contribution is 6.67. The van der Waals surface area contributed by atoms with Crippen molar-refractivity contribution < 1.29 is 14.4 Å². The Morgan fingerprint density at radius 2 is 1.33 bits per heavy atom. The Balaban J connectivity index is 2.78. The van der Waals surface area contributed by atoms with E-state index in [1.54, 1.807) is 0 Å². The summed E-state index contributed by atoms with van der Waals surface area (Å²) in [6.07, 6.45) is 1.08. The molecule has 0 aliphatic heterocycles. The smallest absolute Gasteiger partial charge is 0.225 e. The topological polar surface area (TPSA) is 51.2 Å². The molecular weight excluding hydrogens is 262 g/mol. The van der Waals surface area contributed by atoms with E-state index in [1.807, 2.05) is 0 Å². The second-order valence-electron chi connectivity index (χ2n) is 3.64. The molecule has 6 heteroatoms. The van der Waals surface area contributed by atoms with E-state index in [9.17, 15) is 14.4 Å². The van der Waals surface area contributed by atoms with Crippen molar-refractivity contribution in [3.05, 3.63) is 0 Å². The molecule has 0 saturated heterocycles. The molecule has 0 spiro atoms. The van der Waals surface area contributed by atoms with Crippen LogP contribution < -0.4 is 0 Å². The lowest BCUT2D eigenvalue weighted by molar-refractivity contribution is -0.128. The maximum atomic E-state index is 11.1. The maximum absolute atomic E-state index is 11.1. The van der Waals surface area contributed by atoms with Crippen LogP contribution in [0.2, 0.25) is 0 Å². The minimum absolute atomic E-state index is 0.216. The fraction of sp³-hybridized carbons (Fsp3) is 0.667. The Bertz CT molecular complexity index is 303. The van der Waals surface area contributed by atoms with E-state index in [2.05, 4.69) is 0 Å². The second-order valence-corrected chi connectivity index (χ2v) is 4.75. The summed E-state index contributed by atoms with van der Waals surface area (Å²) in [5.74, 6) is -1.66. The molecule has 3 atom stereocenters. The van der Waals surface area contributed by atoms with Gasteiger partial charge < -0.3 is 0 Å². The quantitative estimate of drug-likeness (QED) is 0.740. The van der Waals surface area contributed by atoms with Gasteiger partial charge in [-0.05, 0) is 54.1 Å². The van der Waals surface area contributed by atoms with Gasteiger partial charge in [0, 0.05) is 17.8 Å². The minimum Gasteiger partial charge on any atom is -0.281 e. The van der Waals surface area contributed by atoms with Gasteiger partial charge in [0.25, 0.3) is 0 Å². The summed E-state index contributed by atoms with van der Waals surface area (Å²) in [6, 6.07) is 0. The van der Waals surface area contributed by atoms with Crippen LogP contribution in [0.4, 0.5) is 0 Å². The van der Waals surface area contributed by atoms with Gasteiger partial charge in [0.2, 0.25) is 15.7 Å². The van der Waals surface area contributed by atoms with E-state index < -0.39 is 33.5 Å². The van der Waals surface area contributed by atoms with Crippen LogP contribution in [0, 0.1) is 17.8 Å². The molecule has 15 heavy (non-hydrogen) atoms. The first-order valence-corrected chi connectivity index (χ1v) is 5.65. The van der Waals surface area contributed by atoms with Crippen molar-refractivity contribution in [2.45, 2.75) is 19.3 Å². The van der Waals surface area contributed by atoms with Crippen LogP contribution in [0.15, 0.2) is 0 Å². The largest absolute Gasteiger partial charge is 0.281 e. The molecule has 1 aliphatic carbocycles. The van der Waals surface area contributed by atoms with E-state index in [4.69, 9.17) is 34.8 Å². The second kappa shape index (κ2) is 5.28. The Kier molecular flexibility index (Phi) is 4.56. The van der Waals surface area contributed by atoms with E-state index in [1.165, 1.54) is 0 Å². The number of hydrogen-bond donors (Lipinski definition) is 0. The zero-order chi connectivity index (χ0) is 11.6. The maximum Gasteiger partial charge on any atom is 0.225 e. The number of hydrogen-bond acceptors (Lipinski definition) is 3. The SMILES string of the molecule is O=C(Cl)[C@H]1CC[C@@H](C(=O)Cl)[C@@H](C(=O)Cl)C1. The zero-order valence-corrected chi connectivity index (χ0v) is 9.98. The standard InChI is InChI=1S/C9H9Cl3O3/c10-7(13)4-1-2-5(8(11)14)6(3-4)9(12)15/h4-6H,1-3H2/t4-,5+,6-/m0/s1. The predicted molar refractivity (Wildman–Crippen MR) is 56.9 cm³/mol. The lowest BCUT2D eigenvalue weighted by atomic mass is 9.75. The summed E-state index contributed by atoms with van der Waals surface area (Å²) in [5, 5.41) is -1.69. The zero-order valence-electron chi connectivity index (χ0n) is 7.71. The molecule has 1 rings (SSSR count). The number of carbonyl (C=O) groups is 3. The first-order valence-electron chi connectivity index (χ1n) is 4.51. The van der Waals surface area contributed by atoms with E-state index in [0.717, 1.165) is 0 Å². The van der Waals surface area contributed by atoms with Crippen molar-refractivity contribution in [2.24, 2.45) is 17.8 Å². The summed E-state index contributed by atoms with van der Waals surface area (Å²) < 4.78 is 0. The molecule has 0 bridgehead atoms. The first kappa shape index (κ1) is 12.9. The molecule has 1 saturated carbocycles. The van der Waals surface area contributed by atoms with Gasteiger partial charge in [0.1, 0.15) is 0 Å². The number of rotatable bonds is 3. The van der Waals surface area contributed by atoms with Crippen molar-refractivity contribution in [1.29, 1.82) is 0 Å². The van der Waals surface area contributed by atoms with Crippen LogP contribution in [-0.2, 0) is 14.4 Å². The van der Waals surface area contributed by atoms with Crippen molar-refractivity contribution >= 4 is 50.5 Å². The van der Waals surface area contributed by atoms with Gasteiger partial charge in [0.05, 0.1) is 0 Å². The lowest BCUT2D eigenvalue weighted by Gasteiger charge is -2.30. The van der Waals surface area contributed by atoms with E-state index in [-0.39, 0.29) is 6.42 Å². The third-order valence-corrected chi connectivity index (χ3v) is 3.62. The van der Waals surface area contributed by atoms with Crippen LogP contribution in [-0.4, -0.2) is 15.7 Å². The Hall–Kier alpha value is -0.120. The molecule has 0 radical (unpaired) electrons. The fourth-order valence-corrected chi connectivity index (χ4v) is 2.60. The fourth-order valence-electron chi connectivity index (χ4n) is 1.90. The number of carbonyl (C=O) groups excluding carboxylic acids is 3. The summed E-state index contributed by atoms with van der Waals surface area (Å²) >= 11 is 16.1. The molecule has 0 unspecified atom stereocenters. The molecule has 0 aromatic rings. The molecule has 3 nitrogen and oxygen atoms in total. The highest BCUT2D eigenvalue weighted by atomic mass is 35.5. The van der Waals surface area contributed by atoms with Crippen LogP contribution in [0.1, 0.15) is 19.3 Å². The van der Waals surface area contributed by atoms with Crippen LogP contribution >= 0.6 is 34.8 Å². The predicted octanol–water partition coefficient (Wildman–Crippen LogP) is 2.32. The highest BCUT2D eigenvalue weighted by Crippen LogP contribution is 2.37. The normalized spacial score (nSPS) is 31.0. The highest BCUT2D eigenvalue weighted by Gasteiger charge is 2.39. The van der Waals surface area contributed by atoms with Gasteiger partial charge >= 0.3 is 0 Å². The third kappa shape index (κ3) is 3.16. The van der Waals surface area contributed by atoms with Gasteiger partial charge in [-0.2, -0.15) is 0 Å². The molecule has 0 heterocycles. The minimum atomic E-state index is -0.682. The first-order chi connectivity index (χ1) is 6.93. The summed E-state index contributed by atoms with van der Waals surface area (Å²) in [5.41, 5.74) is 0. The monoisotopic (exact) mass is 270 g/mol. The molecule has 1 fully saturated rings. The number of halogens is 3. The summed E-state index contributed by atoms with van der Waals surface area (Å²) in [4.78, 5) is 33.0. The van der Waals surface area contributed by atoms with Gasteiger partial charge in [-0.3, -0.25) is 14.4 Å². The molecule has 0 aromatic heterocycles. The Labute approximate surface area is 102 Å². The molecule has 0 aromatic carbocycles. The van der Waals surface area contributed by atoms with Gasteiger partial charge in [-0.1, -0.05) is 0 Å². The van der Waals surface area contributed by atoms with Crippen molar-refractivity contribution in [3.63, 3.8) is 0 Å². The Morgan fingerprint density at radius 1 is 0.800 bits per heavy atom. The van der Waals surface area contributed by atoms with Crippen molar-refractivity contribution in [1.82, 2.24) is 0 Å². The van der Waals surface area contributed by atoms with Gasteiger partial charge in [0.15, 0.2) is 0 Å². The molecular formula is C9H9Cl3O3. The molecule has 0 amide bonds. The summed E-state index contributed by atoms with van der Waals surface area (Å²) in [7, 11) is 0. The van der Waals surface area contributed by atoms with Crippen molar-refractivity contribution in [3.8, 4) is 0 Å². The molecule has 0 N–H and O–H groups in total. The van der Waals surface area contributed by atoms with E-state index in [0.29, 0.717) is 12.8 Å². The van der Waals surface area contributed by atoms with Crippen molar-refractivity contribution in [2.75, 3.05) is 0 Å². The van der Waals surface area contributed by atoms with Gasteiger partial charge in [-0.25, -0.2) is 0 Å². The lowest BCUT2D eigenvalue weighted by Crippen LogP contribution is -2.34. The average molecular weight is 272 g/mol. The molecule has 84 valence electrons. The van der Waals surface area contributed by atoms with Crippen LogP contribution in [0.5, 0.6) is 0 Å². The van der Waals surface area contributed by atoms with Crippen LogP contribution in [0.3, 0.4) is 0 Å². The van der Waals surface area contributed by atoms with E-state index >= 15 is 0 Å². The Morgan fingerprint density at radius 3 is 1.73 bits per heavy atom. The van der Waals surface area contributed by atoms with Gasteiger partial charge in [-0.15, -0.1) is 0 Å². The summed E-state index contributed by atoms with van der Waals surface area (Å²) in [6.45, 7) is 0.